The maximum Gasteiger partial charge on any atom is 0.140 e. The summed E-state index contributed by atoms with van der Waals surface area (Å²) in [6.07, 6.45) is 6.51. The van der Waals surface area contributed by atoms with E-state index in [1.54, 1.807) is 0 Å². The molecule has 0 N–H and O–H groups in total. The first-order chi connectivity index (χ1) is 9.28. The molecule has 0 aliphatic heterocycles. The van der Waals surface area contributed by atoms with Gasteiger partial charge >= 0.3 is 0 Å². The van der Waals surface area contributed by atoms with Gasteiger partial charge in [-0.25, -0.2) is 0 Å². The first-order valence-electron chi connectivity index (χ1n) is 7.12. The zero-order valence-electron chi connectivity index (χ0n) is 11.0. The van der Waals surface area contributed by atoms with Gasteiger partial charge in [0, 0.05) is 5.92 Å². The normalized spacial score (nSPS) is 22.1. The minimum Gasteiger partial charge on any atom is -0.197 e. The molecule has 0 heterocycles. The molecule has 2 saturated carbocycles. The van der Waals surface area contributed by atoms with E-state index in [-0.39, 0.29) is 5.92 Å². The molecular formula is C17H18N2. The van der Waals surface area contributed by atoms with Crippen LogP contribution in [0.5, 0.6) is 0 Å². The van der Waals surface area contributed by atoms with Crippen molar-refractivity contribution in [1.82, 2.24) is 0 Å². The fourth-order valence-electron chi connectivity index (χ4n) is 3.99. The first-order valence-corrected chi connectivity index (χ1v) is 7.12. The Kier molecular flexibility index (Phi) is 3.03. The van der Waals surface area contributed by atoms with Crippen molar-refractivity contribution in [3.8, 4) is 12.1 Å². The molecule has 19 heavy (non-hydrogen) atoms. The van der Waals surface area contributed by atoms with Gasteiger partial charge < -0.3 is 0 Å². The molecule has 0 bridgehead atoms. The lowest BCUT2D eigenvalue weighted by atomic mass is 9.48. The molecule has 0 radical (unpaired) electrons. The third kappa shape index (κ3) is 2.02. The fraction of sp³-hybridized carbons (Fsp3) is 0.529. The molecule has 3 rings (SSSR count). The van der Waals surface area contributed by atoms with Crippen LogP contribution in [0.15, 0.2) is 30.3 Å². The topological polar surface area (TPSA) is 47.6 Å². The molecule has 1 unspecified atom stereocenters. The van der Waals surface area contributed by atoms with Crippen LogP contribution in [-0.4, -0.2) is 0 Å². The van der Waals surface area contributed by atoms with Crippen molar-refractivity contribution in [3.63, 3.8) is 0 Å². The fourth-order valence-corrected chi connectivity index (χ4v) is 3.99. The number of rotatable bonds is 3. The van der Waals surface area contributed by atoms with E-state index in [0.717, 1.165) is 5.56 Å². The summed E-state index contributed by atoms with van der Waals surface area (Å²) in [6.45, 7) is 0. The lowest BCUT2D eigenvalue weighted by molar-refractivity contribution is -0.0387. The number of hydrogen-bond donors (Lipinski definition) is 0. The summed E-state index contributed by atoms with van der Waals surface area (Å²) in [6, 6.07) is 14.5. The van der Waals surface area contributed by atoms with Gasteiger partial charge in [-0.15, -0.1) is 0 Å². The molecule has 2 nitrogen and oxygen atoms in total. The summed E-state index contributed by atoms with van der Waals surface area (Å²) in [5, 5.41) is 18.5. The Bertz CT molecular complexity index is 509. The Hall–Kier alpha value is -1.80. The zero-order valence-corrected chi connectivity index (χ0v) is 11.0. The Morgan fingerprint density at radius 1 is 1.05 bits per heavy atom. The van der Waals surface area contributed by atoms with Gasteiger partial charge in [0.05, 0.1) is 12.1 Å². The Labute approximate surface area is 114 Å². The van der Waals surface area contributed by atoms with Crippen LogP contribution < -0.4 is 0 Å². The van der Waals surface area contributed by atoms with Gasteiger partial charge in [-0.2, -0.15) is 10.5 Å². The molecule has 1 spiro atoms. The monoisotopic (exact) mass is 250 g/mol. The molecule has 2 aliphatic carbocycles. The average Bonchev–Trinajstić information content (AvgIpc) is 2.36. The number of nitriles is 2. The van der Waals surface area contributed by atoms with E-state index >= 15 is 0 Å². The van der Waals surface area contributed by atoms with Crippen LogP contribution in [0.4, 0.5) is 0 Å². The molecule has 2 heteroatoms. The summed E-state index contributed by atoms with van der Waals surface area (Å²) < 4.78 is 0. The number of nitrogens with zero attached hydrogens (tertiary/aromatic N) is 2. The van der Waals surface area contributed by atoms with E-state index in [0.29, 0.717) is 11.3 Å². The summed E-state index contributed by atoms with van der Waals surface area (Å²) in [7, 11) is 0. The van der Waals surface area contributed by atoms with Gasteiger partial charge in [0.15, 0.2) is 0 Å². The van der Waals surface area contributed by atoms with Crippen LogP contribution in [0.2, 0.25) is 0 Å². The van der Waals surface area contributed by atoms with E-state index < -0.39 is 5.92 Å². The van der Waals surface area contributed by atoms with Crippen LogP contribution in [-0.2, 0) is 0 Å². The first kappa shape index (κ1) is 12.2. The molecule has 2 fully saturated rings. The van der Waals surface area contributed by atoms with Crippen molar-refractivity contribution in [2.45, 2.75) is 38.0 Å². The molecule has 0 aromatic heterocycles. The highest BCUT2D eigenvalue weighted by Gasteiger charge is 2.51. The third-order valence-corrected chi connectivity index (χ3v) is 5.13. The largest absolute Gasteiger partial charge is 0.197 e. The van der Waals surface area contributed by atoms with Crippen LogP contribution in [0, 0.1) is 39.9 Å². The number of hydrogen-bond acceptors (Lipinski definition) is 2. The summed E-state index contributed by atoms with van der Waals surface area (Å²) >= 11 is 0. The minimum atomic E-state index is -0.509. The van der Waals surface area contributed by atoms with E-state index in [4.69, 9.17) is 0 Å². The highest BCUT2D eigenvalue weighted by Crippen LogP contribution is 2.62. The maximum atomic E-state index is 9.26. The van der Waals surface area contributed by atoms with Crippen molar-refractivity contribution >= 4 is 0 Å². The highest BCUT2D eigenvalue weighted by atomic mass is 14.6. The van der Waals surface area contributed by atoms with E-state index in [1.165, 1.54) is 32.1 Å². The Morgan fingerprint density at radius 3 is 2.16 bits per heavy atom. The highest BCUT2D eigenvalue weighted by molar-refractivity contribution is 5.27. The second kappa shape index (κ2) is 4.71. The molecule has 0 saturated heterocycles. The van der Waals surface area contributed by atoms with Crippen molar-refractivity contribution in [2.24, 2.45) is 17.3 Å². The molecule has 1 aromatic rings. The van der Waals surface area contributed by atoms with Gasteiger partial charge in [0.1, 0.15) is 5.92 Å². The predicted molar refractivity (Wildman–Crippen MR) is 72.9 cm³/mol. The summed E-state index contributed by atoms with van der Waals surface area (Å²) in [5.74, 6) is 0.110. The Morgan fingerprint density at radius 2 is 1.68 bits per heavy atom. The Balaban J connectivity index is 1.82. The van der Waals surface area contributed by atoms with Gasteiger partial charge in [0.2, 0.25) is 0 Å². The van der Waals surface area contributed by atoms with Crippen molar-refractivity contribution in [1.29, 1.82) is 10.5 Å². The second-order valence-corrected chi connectivity index (χ2v) is 6.19. The SMILES string of the molecule is N#CC(C#N)C(c1ccccc1)C1CC2(CCC2)C1. The zero-order chi connectivity index (χ0) is 13.3. The van der Waals surface area contributed by atoms with Crippen molar-refractivity contribution in [2.75, 3.05) is 0 Å². The maximum absolute atomic E-state index is 9.26. The van der Waals surface area contributed by atoms with Crippen LogP contribution in [0.25, 0.3) is 0 Å². The van der Waals surface area contributed by atoms with Gasteiger partial charge in [-0.1, -0.05) is 36.8 Å². The second-order valence-electron chi connectivity index (χ2n) is 6.19. The number of benzene rings is 1. The van der Waals surface area contributed by atoms with E-state index in [2.05, 4.69) is 24.3 Å². The molecular weight excluding hydrogens is 232 g/mol. The van der Waals surface area contributed by atoms with Crippen LogP contribution in [0.1, 0.15) is 43.6 Å². The molecule has 0 amide bonds. The van der Waals surface area contributed by atoms with E-state index in [1.807, 2.05) is 18.2 Å². The molecule has 2 aliphatic rings. The molecule has 1 atom stereocenters. The quantitative estimate of drug-likeness (QED) is 0.813. The predicted octanol–water partition coefficient (Wildman–Crippen LogP) is 4.01. The lowest BCUT2D eigenvalue weighted by Gasteiger charge is -2.56. The van der Waals surface area contributed by atoms with Gasteiger partial charge in [-0.05, 0) is 42.6 Å². The van der Waals surface area contributed by atoms with E-state index in [9.17, 15) is 10.5 Å². The summed E-state index contributed by atoms with van der Waals surface area (Å²) in [5.41, 5.74) is 1.75. The van der Waals surface area contributed by atoms with Crippen molar-refractivity contribution < 1.29 is 0 Å². The third-order valence-electron chi connectivity index (χ3n) is 5.13. The standard InChI is InChI=1S/C17H18N2/c18-11-15(12-19)16(13-5-2-1-3-6-13)14-9-17(10-14)7-4-8-17/h1-3,5-6,14-16H,4,7-10H2. The van der Waals surface area contributed by atoms with Gasteiger partial charge in [0.25, 0.3) is 0 Å². The molecule has 1 aromatic carbocycles. The summed E-state index contributed by atoms with van der Waals surface area (Å²) in [4.78, 5) is 0. The van der Waals surface area contributed by atoms with Gasteiger partial charge in [-0.3, -0.25) is 0 Å². The minimum absolute atomic E-state index is 0.0995. The smallest absolute Gasteiger partial charge is 0.140 e. The average molecular weight is 250 g/mol. The van der Waals surface area contributed by atoms with Crippen LogP contribution in [0.3, 0.4) is 0 Å². The molecule has 96 valence electrons. The van der Waals surface area contributed by atoms with Crippen molar-refractivity contribution in [3.05, 3.63) is 35.9 Å². The lowest BCUT2D eigenvalue weighted by Crippen LogP contribution is -2.45. The van der Waals surface area contributed by atoms with Crippen LogP contribution >= 0.6 is 0 Å².